The summed E-state index contributed by atoms with van der Waals surface area (Å²) in [4.78, 5) is 2.92. The zero-order valence-electron chi connectivity index (χ0n) is 11.1. The third-order valence-electron chi connectivity index (χ3n) is 2.75. The number of para-hydroxylation sites is 1. The fraction of sp³-hybridized carbons (Fsp3) is 0.462. The Hall–Kier alpha value is -1.50. The van der Waals surface area contributed by atoms with Gasteiger partial charge in [0, 0.05) is 6.54 Å². The molecular weight excluding hydrogens is 289 g/mol. The largest absolute Gasteiger partial charge is 0.489 e. The molecule has 0 fully saturated rings. The number of rotatable bonds is 4. The van der Waals surface area contributed by atoms with Gasteiger partial charge in [0.15, 0.2) is 4.77 Å². The first kappa shape index (κ1) is 14.9. The quantitative estimate of drug-likeness (QED) is 0.846. The van der Waals surface area contributed by atoms with Crippen LogP contribution in [0.5, 0.6) is 5.75 Å². The molecule has 0 radical (unpaired) electrons. The molecule has 0 saturated carbocycles. The maximum Gasteiger partial charge on any atom is 0.390 e. The van der Waals surface area contributed by atoms with Crippen LogP contribution in [0.25, 0.3) is 11.0 Å². The van der Waals surface area contributed by atoms with E-state index in [1.807, 2.05) is 13.8 Å². The van der Waals surface area contributed by atoms with E-state index >= 15 is 0 Å². The van der Waals surface area contributed by atoms with E-state index in [9.17, 15) is 13.2 Å². The first-order valence-electron chi connectivity index (χ1n) is 6.23. The molecule has 0 spiro atoms. The molecule has 0 amide bonds. The van der Waals surface area contributed by atoms with Crippen molar-refractivity contribution < 1.29 is 17.9 Å². The Morgan fingerprint density at radius 3 is 2.65 bits per heavy atom. The summed E-state index contributed by atoms with van der Waals surface area (Å²) in [5, 5.41) is 0. The number of hydrogen-bond donors (Lipinski definition) is 1. The zero-order valence-corrected chi connectivity index (χ0v) is 11.9. The highest BCUT2D eigenvalue weighted by Gasteiger charge is 2.27. The Kier molecular flexibility index (Phi) is 4.08. The highest BCUT2D eigenvalue weighted by Crippen LogP contribution is 2.27. The number of fused-ring (bicyclic) bond motifs is 1. The van der Waals surface area contributed by atoms with Gasteiger partial charge in [-0.2, -0.15) is 13.2 Å². The molecule has 3 nitrogen and oxygen atoms in total. The van der Waals surface area contributed by atoms with E-state index in [0.717, 1.165) is 0 Å². The van der Waals surface area contributed by atoms with Gasteiger partial charge in [0.25, 0.3) is 0 Å². The van der Waals surface area contributed by atoms with Crippen LogP contribution in [0.3, 0.4) is 0 Å². The number of nitrogens with zero attached hydrogens (tertiary/aromatic N) is 1. The summed E-state index contributed by atoms with van der Waals surface area (Å²) < 4.78 is 44.4. The van der Waals surface area contributed by atoms with Crippen molar-refractivity contribution in [1.82, 2.24) is 9.55 Å². The lowest BCUT2D eigenvalue weighted by molar-refractivity contribution is -0.136. The highest BCUT2D eigenvalue weighted by molar-refractivity contribution is 7.71. The summed E-state index contributed by atoms with van der Waals surface area (Å²) in [5.74, 6) is 0.592. The fourth-order valence-electron chi connectivity index (χ4n) is 1.97. The fourth-order valence-corrected chi connectivity index (χ4v) is 2.26. The van der Waals surface area contributed by atoms with Crippen molar-refractivity contribution in [3.8, 4) is 5.75 Å². The first-order chi connectivity index (χ1) is 9.28. The van der Waals surface area contributed by atoms with Crippen LogP contribution in [-0.2, 0) is 6.54 Å². The summed E-state index contributed by atoms with van der Waals surface area (Å²) in [5.41, 5.74) is 1.26. The summed E-state index contributed by atoms with van der Waals surface area (Å²) in [6, 6.07) is 5.24. The number of H-pyrrole nitrogens is 1. The number of aryl methyl sites for hydroxylation is 1. The first-order valence-corrected chi connectivity index (χ1v) is 6.63. The van der Waals surface area contributed by atoms with E-state index in [1.54, 1.807) is 18.2 Å². The van der Waals surface area contributed by atoms with Gasteiger partial charge < -0.3 is 14.3 Å². The Labute approximate surface area is 119 Å². The lowest BCUT2D eigenvalue weighted by atomic mass is 10.3. The average molecular weight is 304 g/mol. The SMILES string of the molecule is CC(C)Oc1cccc2c1[nH]c(=S)n2CCC(F)(F)F. The molecular formula is C13H15F3N2OS. The van der Waals surface area contributed by atoms with E-state index < -0.39 is 12.6 Å². The molecule has 110 valence electrons. The minimum atomic E-state index is -4.20. The molecule has 2 rings (SSSR count). The predicted molar refractivity (Wildman–Crippen MR) is 73.6 cm³/mol. The van der Waals surface area contributed by atoms with Crippen molar-refractivity contribution in [2.45, 2.75) is 39.1 Å². The standard InChI is InChI=1S/C13H15F3N2OS/c1-8(2)19-10-5-3-4-9-11(10)17-12(20)18(9)7-6-13(14,15)16/h3-5,8H,6-7H2,1-2H3,(H,17,20). The smallest absolute Gasteiger partial charge is 0.390 e. The number of nitrogens with one attached hydrogen (secondary N) is 1. The Morgan fingerprint density at radius 2 is 2.05 bits per heavy atom. The van der Waals surface area contributed by atoms with Crippen molar-refractivity contribution in [1.29, 1.82) is 0 Å². The molecule has 0 aliphatic heterocycles. The van der Waals surface area contributed by atoms with Gasteiger partial charge in [-0.3, -0.25) is 0 Å². The van der Waals surface area contributed by atoms with Crippen LogP contribution in [0.4, 0.5) is 13.2 Å². The Balaban J connectivity index is 2.42. The number of benzene rings is 1. The van der Waals surface area contributed by atoms with E-state index in [4.69, 9.17) is 17.0 Å². The van der Waals surface area contributed by atoms with Crippen LogP contribution < -0.4 is 4.74 Å². The summed E-state index contributed by atoms with van der Waals surface area (Å²) in [6.45, 7) is 3.57. The molecule has 0 saturated heterocycles. The molecule has 1 N–H and O–H groups in total. The predicted octanol–water partition coefficient (Wildman–Crippen LogP) is 4.44. The minimum Gasteiger partial charge on any atom is -0.489 e. The van der Waals surface area contributed by atoms with E-state index in [1.165, 1.54) is 4.57 Å². The maximum absolute atomic E-state index is 12.3. The third-order valence-corrected chi connectivity index (χ3v) is 3.08. The number of aromatic nitrogens is 2. The molecule has 0 aliphatic carbocycles. The normalized spacial score (nSPS) is 12.3. The molecule has 0 unspecified atom stereocenters. The van der Waals surface area contributed by atoms with Crippen LogP contribution in [-0.4, -0.2) is 21.8 Å². The van der Waals surface area contributed by atoms with Crippen molar-refractivity contribution in [2.24, 2.45) is 0 Å². The van der Waals surface area contributed by atoms with Gasteiger partial charge in [0.2, 0.25) is 0 Å². The lowest BCUT2D eigenvalue weighted by Crippen LogP contribution is -2.12. The van der Waals surface area contributed by atoms with Crippen LogP contribution >= 0.6 is 12.2 Å². The number of aromatic amines is 1. The lowest BCUT2D eigenvalue weighted by Gasteiger charge is -2.11. The van der Waals surface area contributed by atoms with Gasteiger partial charge in [-0.15, -0.1) is 0 Å². The number of ether oxygens (including phenoxy) is 1. The third kappa shape index (κ3) is 3.33. The van der Waals surface area contributed by atoms with Gasteiger partial charge in [-0.1, -0.05) is 6.07 Å². The van der Waals surface area contributed by atoms with E-state index in [2.05, 4.69) is 4.98 Å². The van der Waals surface area contributed by atoms with Gasteiger partial charge >= 0.3 is 6.18 Å². The zero-order chi connectivity index (χ0) is 14.9. The summed E-state index contributed by atoms with van der Waals surface area (Å²) in [7, 11) is 0. The van der Waals surface area contributed by atoms with Crippen molar-refractivity contribution in [2.75, 3.05) is 0 Å². The number of halogens is 3. The topological polar surface area (TPSA) is 29.9 Å². The van der Waals surface area contributed by atoms with Crippen LogP contribution in [0.2, 0.25) is 0 Å². The number of alkyl halides is 3. The highest BCUT2D eigenvalue weighted by atomic mass is 32.1. The maximum atomic E-state index is 12.3. The molecule has 1 heterocycles. The van der Waals surface area contributed by atoms with Crippen molar-refractivity contribution in [3.63, 3.8) is 0 Å². The van der Waals surface area contributed by atoms with Crippen LogP contribution in [0.15, 0.2) is 18.2 Å². The van der Waals surface area contributed by atoms with Crippen LogP contribution in [0.1, 0.15) is 20.3 Å². The average Bonchev–Trinajstić information content (AvgIpc) is 2.62. The minimum absolute atomic E-state index is 0.0268. The molecule has 2 aromatic rings. The molecule has 1 aromatic carbocycles. The van der Waals surface area contributed by atoms with Gasteiger partial charge in [-0.05, 0) is 38.2 Å². The van der Waals surface area contributed by atoms with E-state index in [-0.39, 0.29) is 17.4 Å². The monoisotopic (exact) mass is 304 g/mol. The van der Waals surface area contributed by atoms with Gasteiger partial charge in [0.05, 0.1) is 18.0 Å². The molecule has 7 heteroatoms. The van der Waals surface area contributed by atoms with Crippen LogP contribution in [0, 0.1) is 4.77 Å². The second-order valence-electron chi connectivity index (χ2n) is 4.76. The summed E-state index contributed by atoms with van der Waals surface area (Å²) >= 11 is 5.10. The second-order valence-corrected chi connectivity index (χ2v) is 5.15. The molecule has 0 aliphatic rings. The summed E-state index contributed by atoms with van der Waals surface area (Å²) in [6.07, 6.45) is -5.14. The van der Waals surface area contributed by atoms with Crippen molar-refractivity contribution in [3.05, 3.63) is 23.0 Å². The molecule has 20 heavy (non-hydrogen) atoms. The molecule has 1 aromatic heterocycles. The Morgan fingerprint density at radius 1 is 1.35 bits per heavy atom. The molecule has 0 bridgehead atoms. The second kappa shape index (κ2) is 5.47. The van der Waals surface area contributed by atoms with Crippen molar-refractivity contribution >= 4 is 23.3 Å². The van der Waals surface area contributed by atoms with Gasteiger partial charge in [0.1, 0.15) is 11.3 Å². The number of hydrogen-bond acceptors (Lipinski definition) is 2. The Bertz CT molecular complexity index is 658. The van der Waals surface area contributed by atoms with Gasteiger partial charge in [-0.25, -0.2) is 0 Å². The molecule has 0 atom stereocenters. The number of imidazole rings is 1. The van der Waals surface area contributed by atoms with E-state index in [0.29, 0.717) is 16.8 Å².